The van der Waals surface area contributed by atoms with Crippen LogP contribution in [0.25, 0.3) is 11.1 Å². The number of halogens is 3. The molecule has 0 saturated heterocycles. The average Bonchev–Trinajstić information content (AvgIpc) is 2.72. The van der Waals surface area contributed by atoms with Gasteiger partial charge in [-0.25, -0.2) is 4.79 Å². The number of carbonyl (C=O) groups excluding carboxylic acids is 1. The standard InChI is InChI=1S/C15H9F3O3/c16-15(17,18)14(20)11-8-4-7-10(12(11)21-13(14)19)9-5-2-1-3-6-9/h1-8,20H/t14-/m0/s1. The Balaban J connectivity index is 2.24. The van der Waals surface area contributed by atoms with Gasteiger partial charge in [-0.15, -0.1) is 0 Å². The second kappa shape index (κ2) is 4.33. The summed E-state index contributed by atoms with van der Waals surface area (Å²) in [5.41, 5.74) is -3.29. The molecule has 21 heavy (non-hydrogen) atoms. The Kier molecular flexibility index (Phi) is 2.81. The fraction of sp³-hybridized carbons (Fsp3) is 0.133. The summed E-state index contributed by atoms with van der Waals surface area (Å²) in [7, 11) is 0. The van der Waals surface area contributed by atoms with Crippen molar-refractivity contribution >= 4 is 5.97 Å². The largest absolute Gasteiger partial charge is 0.432 e. The Bertz CT molecular complexity index is 710. The normalized spacial score (nSPS) is 21.0. The molecule has 3 nitrogen and oxygen atoms in total. The molecular formula is C15H9F3O3. The zero-order valence-electron chi connectivity index (χ0n) is 10.5. The molecule has 0 unspecified atom stereocenters. The molecule has 0 spiro atoms. The van der Waals surface area contributed by atoms with Gasteiger partial charge in [0.05, 0.1) is 0 Å². The number of benzene rings is 2. The number of carbonyl (C=O) groups is 1. The van der Waals surface area contributed by atoms with Crippen molar-refractivity contribution in [2.75, 3.05) is 0 Å². The fourth-order valence-corrected chi connectivity index (χ4v) is 2.32. The fourth-order valence-electron chi connectivity index (χ4n) is 2.32. The molecule has 1 atom stereocenters. The molecule has 0 saturated carbocycles. The van der Waals surface area contributed by atoms with Crippen molar-refractivity contribution in [2.24, 2.45) is 0 Å². The van der Waals surface area contributed by atoms with Crippen molar-refractivity contribution in [3.05, 3.63) is 54.1 Å². The van der Waals surface area contributed by atoms with E-state index in [1.54, 1.807) is 30.3 Å². The first-order valence-corrected chi connectivity index (χ1v) is 6.06. The zero-order chi connectivity index (χ0) is 15.3. The second-order valence-corrected chi connectivity index (χ2v) is 4.65. The van der Waals surface area contributed by atoms with Crippen LogP contribution in [0.3, 0.4) is 0 Å². The molecule has 0 aromatic heterocycles. The first kappa shape index (κ1) is 13.6. The molecule has 6 heteroatoms. The van der Waals surface area contributed by atoms with E-state index in [1.807, 2.05) is 0 Å². The molecule has 0 fully saturated rings. The third-order valence-electron chi connectivity index (χ3n) is 3.39. The summed E-state index contributed by atoms with van der Waals surface area (Å²) in [5.74, 6) is -1.98. The van der Waals surface area contributed by atoms with E-state index in [1.165, 1.54) is 12.1 Å². The number of hydrogen-bond acceptors (Lipinski definition) is 3. The summed E-state index contributed by atoms with van der Waals surface area (Å²) in [5, 5.41) is 9.82. The molecule has 1 N–H and O–H groups in total. The van der Waals surface area contributed by atoms with Gasteiger partial charge in [0.15, 0.2) is 0 Å². The molecule has 0 radical (unpaired) electrons. The smallest absolute Gasteiger partial charge is 0.423 e. The highest BCUT2D eigenvalue weighted by Crippen LogP contribution is 2.51. The second-order valence-electron chi connectivity index (χ2n) is 4.65. The van der Waals surface area contributed by atoms with Gasteiger partial charge in [-0.05, 0) is 5.56 Å². The highest BCUT2D eigenvalue weighted by atomic mass is 19.4. The van der Waals surface area contributed by atoms with Crippen LogP contribution in [-0.4, -0.2) is 17.3 Å². The molecule has 0 aliphatic carbocycles. The predicted molar refractivity (Wildman–Crippen MR) is 67.5 cm³/mol. The maximum Gasteiger partial charge on any atom is 0.432 e. The minimum atomic E-state index is -5.15. The number of esters is 1. The SMILES string of the molecule is O=C1Oc2c(-c3ccccc3)cccc2[C@@]1(O)C(F)(F)F. The van der Waals surface area contributed by atoms with Crippen molar-refractivity contribution in [3.8, 4) is 16.9 Å². The summed E-state index contributed by atoms with van der Waals surface area (Å²) >= 11 is 0. The monoisotopic (exact) mass is 294 g/mol. The number of fused-ring (bicyclic) bond motifs is 1. The van der Waals surface area contributed by atoms with Gasteiger partial charge < -0.3 is 9.84 Å². The van der Waals surface area contributed by atoms with Gasteiger partial charge in [0.2, 0.25) is 0 Å². The Labute approximate surface area is 117 Å². The van der Waals surface area contributed by atoms with Crippen LogP contribution in [0.2, 0.25) is 0 Å². The lowest BCUT2D eigenvalue weighted by Gasteiger charge is -2.22. The first-order chi connectivity index (χ1) is 9.85. The average molecular weight is 294 g/mol. The Morgan fingerprint density at radius 1 is 1.00 bits per heavy atom. The Morgan fingerprint density at radius 2 is 1.67 bits per heavy atom. The van der Waals surface area contributed by atoms with Crippen LogP contribution in [0.4, 0.5) is 13.2 Å². The summed E-state index contributed by atoms with van der Waals surface area (Å²) in [6.07, 6.45) is -5.15. The highest BCUT2D eigenvalue weighted by Gasteiger charge is 2.66. The van der Waals surface area contributed by atoms with Crippen LogP contribution in [0.5, 0.6) is 5.75 Å². The molecule has 1 aliphatic rings. The van der Waals surface area contributed by atoms with E-state index in [0.717, 1.165) is 6.07 Å². The third kappa shape index (κ3) is 1.83. The molecule has 1 heterocycles. The number of rotatable bonds is 1. The van der Waals surface area contributed by atoms with E-state index >= 15 is 0 Å². The molecule has 3 rings (SSSR count). The predicted octanol–water partition coefficient (Wildman–Crippen LogP) is 3.02. The number of aliphatic hydroxyl groups is 1. The van der Waals surface area contributed by atoms with Gasteiger partial charge in [-0.1, -0.05) is 48.5 Å². The van der Waals surface area contributed by atoms with Crippen LogP contribution < -0.4 is 4.74 Å². The summed E-state index contributed by atoms with van der Waals surface area (Å²) in [6, 6.07) is 12.4. The number of ether oxygens (including phenoxy) is 1. The quantitative estimate of drug-likeness (QED) is 0.649. The van der Waals surface area contributed by atoms with Gasteiger partial charge in [0.1, 0.15) is 5.75 Å². The maximum atomic E-state index is 13.1. The van der Waals surface area contributed by atoms with E-state index in [2.05, 4.69) is 0 Å². The summed E-state index contributed by atoms with van der Waals surface area (Å²) < 4.78 is 43.9. The van der Waals surface area contributed by atoms with Gasteiger partial charge in [-0.2, -0.15) is 13.2 Å². The van der Waals surface area contributed by atoms with Crippen LogP contribution in [0, 0.1) is 0 Å². The lowest BCUT2D eigenvalue weighted by Crippen LogP contribution is -2.47. The van der Waals surface area contributed by atoms with Gasteiger partial charge >= 0.3 is 12.1 Å². The van der Waals surface area contributed by atoms with E-state index < -0.39 is 23.3 Å². The topological polar surface area (TPSA) is 46.5 Å². The number of para-hydroxylation sites is 1. The molecule has 0 bridgehead atoms. The van der Waals surface area contributed by atoms with E-state index in [0.29, 0.717) is 11.1 Å². The van der Waals surface area contributed by atoms with E-state index in [9.17, 15) is 23.1 Å². The van der Waals surface area contributed by atoms with Crippen molar-refractivity contribution in [1.29, 1.82) is 0 Å². The van der Waals surface area contributed by atoms with Crippen LogP contribution >= 0.6 is 0 Å². The minimum Gasteiger partial charge on any atom is -0.423 e. The summed E-state index contributed by atoms with van der Waals surface area (Å²) in [6.45, 7) is 0. The van der Waals surface area contributed by atoms with Crippen LogP contribution in [-0.2, 0) is 10.4 Å². The van der Waals surface area contributed by atoms with Crippen molar-refractivity contribution in [3.63, 3.8) is 0 Å². The lowest BCUT2D eigenvalue weighted by molar-refractivity contribution is -0.258. The molecular weight excluding hydrogens is 285 g/mol. The lowest BCUT2D eigenvalue weighted by atomic mass is 9.91. The number of hydrogen-bond donors (Lipinski definition) is 1. The molecule has 0 amide bonds. The Hall–Kier alpha value is -2.34. The third-order valence-corrected chi connectivity index (χ3v) is 3.39. The highest BCUT2D eigenvalue weighted by molar-refractivity contribution is 5.93. The molecule has 2 aromatic carbocycles. The number of alkyl halides is 3. The molecule has 108 valence electrons. The Morgan fingerprint density at radius 3 is 2.29 bits per heavy atom. The summed E-state index contributed by atoms with van der Waals surface area (Å²) in [4.78, 5) is 11.6. The maximum absolute atomic E-state index is 13.1. The van der Waals surface area contributed by atoms with E-state index in [-0.39, 0.29) is 5.75 Å². The zero-order valence-corrected chi connectivity index (χ0v) is 10.5. The minimum absolute atomic E-state index is 0.256. The van der Waals surface area contributed by atoms with Gasteiger partial charge in [-0.3, -0.25) is 0 Å². The van der Waals surface area contributed by atoms with Crippen LogP contribution in [0.1, 0.15) is 5.56 Å². The first-order valence-electron chi connectivity index (χ1n) is 6.06. The molecule has 1 aliphatic heterocycles. The molecule has 2 aromatic rings. The van der Waals surface area contributed by atoms with Crippen molar-refractivity contribution in [1.82, 2.24) is 0 Å². The van der Waals surface area contributed by atoms with Crippen molar-refractivity contribution < 1.29 is 27.8 Å². The van der Waals surface area contributed by atoms with E-state index in [4.69, 9.17) is 4.74 Å². The van der Waals surface area contributed by atoms with Gasteiger partial charge in [0.25, 0.3) is 5.60 Å². The van der Waals surface area contributed by atoms with Gasteiger partial charge in [0, 0.05) is 11.1 Å². The van der Waals surface area contributed by atoms with Crippen molar-refractivity contribution in [2.45, 2.75) is 11.8 Å². The van der Waals surface area contributed by atoms with Crippen LogP contribution in [0.15, 0.2) is 48.5 Å².